The summed E-state index contributed by atoms with van der Waals surface area (Å²) in [5.74, 6) is 0. The second kappa shape index (κ2) is 5.34. The van der Waals surface area contributed by atoms with Crippen molar-refractivity contribution in [1.82, 2.24) is 29.9 Å². The molecule has 0 saturated carbocycles. The summed E-state index contributed by atoms with van der Waals surface area (Å²) >= 11 is 0. The Bertz CT molecular complexity index is 886. The van der Waals surface area contributed by atoms with Gasteiger partial charge in [-0.15, -0.1) is 0 Å². The van der Waals surface area contributed by atoms with Crippen LogP contribution < -0.4 is 20.9 Å². The molecule has 3 aromatic rings. The van der Waals surface area contributed by atoms with Gasteiger partial charge in [-0.2, -0.15) is 19.7 Å². The predicted molar refractivity (Wildman–Crippen MR) is 69.1 cm³/mol. The molecule has 0 aliphatic heterocycles. The van der Waals surface area contributed by atoms with E-state index in [1.807, 2.05) is 0 Å². The maximum atomic E-state index is 11.9. The lowest BCUT2D eigenvalue weighted by Crippen LogP contribution is -2.17. The van der Waals surface area contributed by atoms with E-state index < -0.39 is 11.1 Å². The smallest absolute Gasteiger partial charge is 0.297 e. The summed E-state index contributed by atoms with van der Waals surface area (Å²) in [7, 11) is 2.48. The Morgan fingerprint density at radius 1 is 0.727 bits per heavy atom. The minimum absolute atomic E-state index is 0.101. The lowest BCUT2D eigenvalue weighted by Gasteiger charge is -2.03. The number of hydrogen-bond acceptors (Lipinski definition) is 10. The van der Waals surface area contributed by atoms with Crippen molar-refractivity contribution in [2.75, 3.05) is 14.2 Å². The van der Waals surface area contributed by atoms with E-state index in [9.17, 15) is 9.59 Å². The molecule has 0 bridgehead atoms. The van der Waals surface area contributed by atoms with Crippen molar-refractivity contribution in [3.8, 4) is 12.0 Å². The molecule has 3 rings (SSSR count). The van der Waals surface area contributed by atoms with Crippen LogP contribution in [0.3, 0.4) is 0 Å². The molecule has 3 heterocycles. The van der Waals surface area contributed by atoms with Crippen molar-refractivity contribution in [2.45, 2.75) is 0 Å². The van der Waals surface area contributed by atoms with Gasteiger partial charge in [0.25, 0.3) is 11.1 Å². The summed E-state index contributed by atoms with van der Waals surface area (Å²) in [6.07, 6.45) is 0. The van der Waals surface area contributed by atoms with Crippen LogP contribution in [-0.4, -0.2) is 44.1 Å². The average molecular weight is 308 g/mol. The zero-order valence-electron chi connectivity index (χ0n) is 11.2. The molecule has 0 amide bonds. The Labute approximate surface area is 119 Å². The third-order valence-electron chi connectivity index (χ3n) is 2.47. The molecule has 0 aliphatic carbocycles. The molecule has 12 nitrogen and oxygen atoms in total. The first-order chi connectivity index (χ1) is 10.6. The van der Waals surface area contributed by atoms with Crippen LogP contribution in [0.25, 0.3) is 22.3 Å². The van der Waals surface area contributed by atoms with Gasteiger partial charge in [0, 0.05) is 0 Å². The highest BCUT2D eigenvalue weighted by molar-refractivity contribution is 5.80. The lowest BCUT2D eigenvalue weighted by molar-refractivity contribution is -0.185. The van der Waals surface area contributed by atoms with Crippen LogP contribution in [0.5, 0.6) is 12.0 Å². The molecule has 22 heavy (non-hydrogen) atoms. The van der Waals surface area contributed by atoms with Gasteiger partial charge in [-0.1, -0.05) is 0 Å². The van der Waals surface area contributed by atoms with Gasteiger partial charge in [0.15, 0.2) is 22.3 Å². The molecular weight excluding hydrogens is 300 g/mol. The van der Waals surface area contributed by atoms with Gasteiger partial charge < -0.3 is 0 Å². The second-order valence-electron chi connectivity index (χ2n) is 3.81. The zero-order chi connectivity index (χ0) is 15.7. The summed E-state index contributed by atoms with van der Waals surface area (Å²) in [6, 6.07) is -0.449. The topological polar surface area (TPSA) is 154 Å². The van der Waals surface area contributed by atoms with E-state index in [2.05, 4.69) is 49.5 Å². The molecule has 0 fully saturated rings. The van der Waals surface area contributed by atoms with E-state index in [-0.39, 0.29) is 34.3 Å². The molecule has 0 aromatic carbocycles. The first-order valence-electron chi connectivity index (χ1n) is 5.76. The fraction of sp³-hybridized carbons (Fsp3) is 0.200. The van der Waals surface area contributed by atoms with Crippen molar-refractivity contribution >= 4 is 22.3 Å². The van der Waals surface area contributed by atoms with Crippen molar-refractivity contribution in [2.24, 2.45) is 0 Å². The van der Waals surface area contributed by atoms with Crippen LogP contribution in [0.4, 0.5) is 0 Å². The number of fused-ring (bicyclic) bond motifs is 2. The van der Waals surface area contributed by atoms with E-state index in [4.69, 9.17) is 0 Å². The van der Waals surface area contributed by atoms with E-state index in [1.54, 1.807) is 0 Å². The van der Waals surface area contributed by atoms with Crippen LogP contribution in [0.15, 0.2) is 9.59 Å². The van der Waals surface area contributed by atoms with Crippen LogP contribution >= 0.6 is 0 Å². The van der Waals surface area contributed by atoms with Crippen LogP contribution in [-0.2, 0) is 9.78 Å². The number of rotatable bonds is 4. The van der Waals surface area contributed by atoms with Crippen molar-refractivity contribution in [3.05, 3.63) is 20.7 Å². The highest BCUT2D eigenvalue weighted by atomic mass is 17.2. The molecule has 0 unspecified atom stereocenters. The summed E-state index contributed by atoms with van der Waals surface area (Å²) in [5.41, 5.74) is -1.73. The number of hydrogen-bond donors (Lipinski definition) is 2. The number of nitrogens with zero attached hydrogens (tertiary/aromatic N) is 4. The Morgan fingerprint density at radius 3 is 1.50 bits per heavy atom. The molecule has 12 heteroatoms. The third kappa shape index (κ3) is 2.32. The van der Waals surface area contributed by atoms with Gasteiger partial charge in [0.1, 0.15) is 0 Å². The standard InChI is InChI=1S/C10H8N6O6/c1-19-21-9-13-5-3(7(17)15-9)12-6-4(11-5)8(18)16-10(14-6)22-20-2/h1-2H3,(H,11,13,15,17)(H,12,14,16,18). The molecule has 0 saturated heterocycles. The predicted octanol–water partition coefficient (Wildman–Crippen LogP) is -1.17. The minimum Gasteiger partial charge on any atom is -0.297 e. The second-order valence-corrected chi connectivity index (χ2v) is 3.81. The summed E-state index contributed by atoms with van der Waals surface area (Å²) in [6.45, 7) is 0. The van der Waals surface area contributed by atoms with Crippen molar-refractivity contribution in [1.29, 1.82) is 0 Å². The van der Waals surface area contributed by atoms with E-state index in [0.717, 1.165) is 0 Å². The summed E-state index contributed by atoms with van der Waals surface area (Å²) < 4.78 is 0. The van der Waals surface area contributed by atoms with Gasteiger partial charge in [-0.3, -0.25) is 29.3 Å². The van der Waals surface area contributed by atoms with Crippen molar-refractivity contribution in [3.63, 3.8) is 0 Å². The van der Waals surface area contributed by atoms with E-state index in [0.29, 0.717) is 0 Å². The maximum Gasteiger partial charge on any atom is 0.336 e. The fourth-order valence-electron chi connectivity index (χ4n) is 1.68. The molecule has 114 valence electrons. The Kier molecular flexibility index (Phi) is 3.36. The van der Waals surface area contributed by atoms with E-state index in [1.165, 1.54) is 14.2 Å². The highest BCUT2D eigenvalue weighted by Crippen LogP contribution is 2.11. The fourth-order valence-corrected chi connectivity index (χ4v) is 1.68. The maximum absolute atomic E-state index is 11.9. The van der Waals surface area contributed by atoms with Gasteiger partial charge in [-0.25, -0.2) is 9.97 Å². The molecule has 0 atom stereocenters. The van der Waals surface area contributed by atoms with Gasteiger partial charge in [0.2, 0.25) is 0 Å². The number of H-pyrrole nitrogens is 2. The van der Waals surface area contributed by atoms with Crippen molar-refractivity contribution < 1.29 is 19.6 Å². The van der Waals surface area contributed by atoms with Crippen LogP contribution in [0, 0.1) is 0 Å². The van der Waals surface area contributed by atoms with Gasteiger partial charge >= 0.3 is 12.0 Å². The Hall–Kier alpha value is -3.12. The zero-order valence-corrected chi connectivity index (χ0v) is 11.2. The number of nitrogens with one attached hydrogen (secondary N) is 2. The third-order valence-corrected chi connectivity index (χ3v) is 2.47. The van der Waals surface area contributed by atoms with Gasteiger partial charge in [0.05, 0.1) is 14.2 Å². The molecule has 3 aromatic heterocycles. The Balaban J connectivity index is 2.31. The molecule has 2 N–H and O–H groups in total. The normalized spacial score (nSPS) is 11.0. The number of aromatic amines is 2. The summed E-state index contributed by atoms with van der Waals surface area (Å²) in [4.78, 5) is 62.0. The van der Waals surface area contributed by atoms with E-state index >= 15 is 0 Å². The first-order valence-corrected chi connectivity index (χ1v) is 5.76. The molecule has 0 aliphatic rings. The monoisotopic (exact) mass is 308 g/mol. The molecule has 0 spiro atoms. The largest absolute Gasteiger partial charge is 0.336 e. The van der Waals surface area contributed by atoms with Crippen LogP contribution in [0.1, 0.15) is 0 Å². The van der Waals surface area contributed by atoms with Crippen LogP contribution in [0.2, 0.25) is 0 Å². The quantitative estimate of drug-likeness (QED) is 0.342. The highest BCUT2D eigenvalue weighted by Gasteiger charge is 2.14. The van der Waals surface area contributed by atoms with Gasteiger partial charge in [-0.05, 0) is 0 Å². The summed E-state index contributed by atoms with van der Waals surface area (Å²) in [5, 5.41) is 0. The Morgan fingerprint density at radius 2 is 1.14 bits per heavy atom. The lowest BCUT2D eigenvalue weighted by atomic mass is 10.4. The molecule has 0 radical (unpaired) electrons. The average Bonchev–Trinajstić information content (AvgIpc) is 2.47. The number of aromatic nitrogens is 6. The first kappa shape index (κ1) is 13.8. The minimum atomic E-state index is -0.636. The molecular formula is C10H8N6O6. The SMILES string of the molecule is COOc1nc2nc3c(=O)[nH]c(OOC)nc3nc2c(=O)[nH]1.